The average Bonchev–Trinajstić information content (AvgIpc) is 3.62. The minimum Gasteiger partial charge on any atom is -0.468 e. The lowest BCUT2D eigenvalue weighted by Crippen LogP contribution is -2.26. The highest BCUT2D eigenvalue weighted by molar-refractivity contribution is 7.11. The van der Waals surface area contributed by atoms with Gasteiger partial charge in [0.1, 0.15) is 17.3 Å². The van der Waals surface area contributed by atoms with Crippen LogP contribution in [0.15, 0.2) is 105 Å². The zero-order valence-electron chi connectivity index (χ0n) is 17.4. The van der Waals surface area contributed by atoms with Gasteiger partial charge < -0.3 is 13.9 Å². The van der Waals surface area contributed by atoms with Crippen LogP contribution in [0.5, 0.6) is 0 Å². The van der Waals surface area contributed by atoms with Crippen LogP contribution in [-0.2, 0) is 25.2 Å². The topological polar surface area (TPSA) is 49.8 Å². The van der Waals surface area contributed by atoms with Crippen LogP contribution < -0.4 is 0 Å². The van der Waals surface area contributed by atoms with Gasteiger partial charge in [0.25, 0.3) is 0 Å². The molecule has 0 saturated carbocycles. The summed E-state index contributed by atoms with van der Waals surface area (Å²) >= 11 is 3.05. The van der Waals surface area contributed by atoms with Crippen LogP contribution >= 0.6 is 22.7 Å². The molecule has 162 valence electrons. The van der Waals surface area contributed by atoms with Crippen molar-refractivity contribution in [2.75, 3.05) is 0 Å². The lowest BCUT2D eigenvalue weighted by Gasteiger charge is -2.24. The monoisotopic (exact) mass is 461 g/mol. The highest BCUT2D eigenvalue weighted by atomic mass is 32.1. The largest absolute Gasteiger partial charge is 0.468 e. The van der Waals surface area contributed by atoms with E-state index in [1.54, 1.807) is 6.26 Å². The molecule has 0 aliphatic heterocycles. The van der Waals surface area contributed by atoms with E-state index in [0.717, 1.165) is 27.8 Å². The summed E-state index contributed by atoms with van der Waals surface area (Å²) in [5, 5.41) is 15.7. The van der Waals surface area contributed by atoms with Crippen LogP contribution in [0.3, 0.4) is 0 Å². The molecule has 0 unspecified atom stereocenters. The molecule has 1 N–H and O–H groups in total. The first-order valence-electron chi connectivity index (χ1n) is 10.4. The first-order valence-corrected chi connectivity index (χ1v) is 12.2. The molecule has 0 saturated heterocycles. The summed E-state index contributed by atoms with van der Waals surface area (Å²) in [5.74, 6) is 2.24. The van der Waals surface area contributed by atoms with Crippen LogP contribution in [0.1, 0.15) is 32.6 Å². The molecule has 4 heterocycles. The summed E-state index contributed by atoms with van der Waals surface area (Å²) in [7, 11) is 0. The molecule has 0 atom stereocenters. The second-order valence-electron chi connectivity index (χ2n) is 7.64. The Morgan fingerprint density at radius 1 is 0.719 bits per heavy atom. The zero-order chi connectivity index (χ0) is 21.8. The summed E-state index contributed by atoms with van der Waals surface area (Å²) in [6.45, 7) is 2.02. The Morgan fingerprint density at radius 2 is 1.44 bits per heavy atom. The summed E-state index contributed by atoms with van der Waals surface area (Å²) in [6.07, 6.45) is 1.70. The second kappa shape index (κ2) is 9.30. The van der Waals surface area contributed by atoms with Crippen LogP contribution in [-0.4, -0.2) is 10.0 Å². The van der Waals surface area contributed by atoms with Gasteiger partial charge in [-0.3, -0.25) is 4.90 Å². The molecule has 0 radical (unpaired) electrons. The first kappa shape index (κ1) is 21.0. The van der Waals surface area contributed by atoms with Gasteiger partial charge in [0.2, 0.25) is 0 Å². The fraction of sp³-hybridized carbons (Fsp3) is 0.154. The summed E-state index contributed by atoms with van der Waals surface area (Å²) in [6, 6.07) is 25.9. The van der Waals surface area contributed by atoms with Crippen molar-refractivity contribution in [3.8, 4) is 0 Å². The van der Waals surface area contributed by atoms with E-state index in [9.17, 15) is 5.11 Å². The van der Waals surface area contributed by atoms with Gasteiger partial charge in [0.15, 0.2) is 5.60 Å². The maximum absolute atomic E-state index is 11.8. The fourth-order valence-electron chi connectivity index (χ4n) is 3.84. The number of rotatable bonds is 9. The van der Waals surface area contributed by atoms with Crippen molar-refractivity contribution in [2.24, 2.45) is 0 Å². The Morgan fingerprint density at radius 3 is 2.06 bits per heavy atom. The minimum atomic E-state index is -1.29. The number of thiophene rings is 2. The molecule has 0 fully saturated rings. The van der Waals surface area contributed by atoms with Crippen molar-refractivity contribution in [3.63, 3.8) is 0 Å². The molecule has 0 spiro atoms. The summed E-state index contributed by atoms with van der Waals surface area (Å²) in [5.41, 5.74) is -0.0641. The standard InChI is InChI=1S/C26H23NO3S2/c28-26(24-10-5-15-31-24,25-11-6-16-32-25)23-13-12-22(30-23)19-27(18-21-9-4-14-29-21)17-20-7-2-1-3-8-20/h1-16,28H,17-19H2. The van der Waals surface area contributed by atoms with Gasteiger partial charge in [-0.1, -0.05) is 42.5 Å². The smallest absolute Gasteiger partial charge is 0.191 e. The molecule has 1 aromatic carbocycles. The van der Waals surface area contributed by atoms with E-state index in [4.69, 9.17) is 8.83 Å². The van der Waals surface area contributed by atoms with Crippen molar-refractivity contribution < 1.29 is 13.9 Å². The van der Waals surface area contributed by atoms with E-state index in [1.165, 1.54) is 28.2 Å². The Hall–Kier alpha value is -2.90. The van der Waals surface area contributed by atoms with Crippen molar-refractivity contribution in [2.45, 2.75) is 25.2 Å². The lowest BCUT2D eigenvalue weighted by molar-refractivity contribution is 0.102. The number of benzene rings is 1. The van der Waals surface area contributed by atoms with Gasteiger partial charge >= 0.3 is 0 Å². The number of nitrogens with zero attached hydrogens (tertiary/aromatic N) is 1. The maximum atomic E-state index is 11.8. The van der Waals surface area contributed by atoms with Crippen molar-refractivity contribution in [1.29, 1.82) is 0 Å². The normalized spacial score (nSPS) is 11.9. The molecular weight excluding hydrogens is 438 g/mol. The molecular formula is C26H23NO3S2. The molecule has 4 nitrogen and oxygen atoms in total. The minimum absolute atomic E-state index is 0.537. The molecule has 0 aliphatic carbocycles. The SMILES string of the molecule is OC(c1ccc(CN(Cc2ccccc2)Cc2ccco2)o1)(c1cccs1)c1cccs1. The van der Waals surface area contributed by atoms with Gasteiger partial charge in [-0.25, -0.2) is 0 Å². The number of furan rings is 2. The van der Waals surface area contributed by atoms with Crippen molar-refractivity contribution >= 4 is 22.7 Å². The molecule has 5 aromatic rings. The third-order valence-corrected chi connectivity index (χ3v) is 7.32. The van der Waals surface area contributed by atoms with Gasteiger partial charge in [-0.05, 0) is 52.7 Å². The van der Waals surface area contributed by atoms with Gasteiger partial charge in [0, 0.05) is 16.3 Å². The molecule has 4 aromatic heterocycles. The molecule has 0 bridgehead atoms. The Balaban J connectivity index is 1.42. The van der Waals surface area contributed by atoms with E-state index in [-0.39, 0.29) is 0 Å². The first-order chi connectivity index (χ1) is 15.7. The van der Waals surface area contributed by atoms with Gasteiger partial charge in [0.05, 0.1) is 19.4 Å². The van der Waals surface area contributed by atoms with Crippen molar-refractivity contribution in [1.82, 2.24) is 4.90 Å². The fourth-order valence-corrected chi connectivity index (χ4v) is 5.59. The highest BCUT2D eigenvalue weighted by Gasteiger charge is 2.39. The van der Waals surface area contributed by atoms with Gasteiger partial charge in [-0.15, -0.1) is 22.7 Å². The summed E-state index contributed by atoms with van der Waals surface area (Å²) in [4.78, 5) is 3.96. The van der Waals surface area contributed by atoms with Crippen molar-refractivity contribution in [3.05, 3.63) is 128 Å². The predicted octanol–water partition coefficient (Wildman–Crippen LogP) is 6.48. The van der Waals surface area contributed by atoms with E-state index in [1.807, 2.05) is 77.5 Å². The Labute approximate surface area is 195 Å². The second-order valence-corrected chi connectivity index (χ2v) is 9.54. The lowest BCUT2D eigenvalue weighted by atomic mass is 9.97. The van der Waals surface area contributed by atoms with E-state index in [0.29, 0.717) is 18.8 Å². The van der Waals surface area contributed by atoms with E-state index < -0.39 is 5.60 Å². The molecule has 32 heavy (non-hydrogen) atoms. The quantitative estimate of drug-likeness (QED) is 0.273. The maximum Gasteiger partial charge on any atom is 0.191 e. The third kappa shape index (κ3) is 4.36. The molecule has 6 heteroatoms. The number of hydrogen-bond donors (Lipinski definition) is 1. The zero-order valence-corrected chi connectivity index (χ0v) is 19.0. The third-order valence-electron chi connectivity index (χ3n) is 5.36. The average molecular weight is 462 g/mol. The molecule has 0 amide bonds. The molecule has 0 aliphatic rings. The highest BCUT2D eigenvalue weighted by Crippen LogP contribution is 2.41. The van der Waals surface area contributed by atoms with Crippen LogP contribution in [0, 0.1) is 0 Å². The number of hydrogen-bond acceptors (Lipinski definition) is 6. The van der Waals surface area contributed by atoms with Gasteiger partial charge in [-0.2, -0.15) is 0 Å². The van der Waals surface area contributed by atoms with Crippen LogP contribution in [0.25, 0.3) is 0 Å². The Kier molecular flexibility index (Phi) is 6.10. The molecule has 5 rings (SSSR count). The Bertz CT molecular complexity index is 1180. The van der Waals surface area contributed by atoms with Crippen LogP contribution in [0.2, 0.25) is 0 Å². The number of aliphatic hydroxyl groups is 1. The van der Waals surface area contributed by atoms with Crippen LogP contribution in [0.4, 0.5) is 0 Å². The summed E-state index contributed by atoms with van der Waals surface area (Å²) < 4.78 is 11.9. The van der Waals surface area contributed by atoms with E-state index in [2.05, 4.69) is 17.0 Å². The predicted molar refractivity (Wildman–Crippen MR) is 128 cm³/mol. The van der Waals surface area contributed by atoms with E-state index >= 15 is 0 Å².